The first-order valence-electron chi connectivity index (χ1n) is 3.80. The normalized spacial score (nSPS) is 14.3. The van der Waals surface area contributed by atoms with Gasteiger partial charge in [-0.15, -0.1) is 0 Å². The molecule has 1 unspecified atom stereocenters. The summed E-state index contributed by atoms with van der Waals surface area (Å²) in [6.45, 7) is 2.46. The molecule has 0 saturated carbocycles. The molecule has 1 atom stereocenters. The van der Waals surface area contributed by atoms with E-state index >= 15 is 0 Å². The second-order valence-electron chi connectivity index (χ2n) is 2.47. The summed E-state index contributed by atoms with van der Waals surface area (Å²) in [6, 6.07) is 0. The van der Waals surface area contributed by atoms with Crippen molar-refractivity contribution in [3.8, 4) is 0 Å². The molecule has 7 nitrogen and oxygen atoms in total. The quantitative estimate of drug-likeness (QED) is 0.414. The summed E-state index contributed by atoms with van der Waals surface area (Å²) >= 11 is 0. The van der Waals surface area contributed by atoms with Gasteiger partial charge in [0, 0.05) is 0 Å². The van der Waals surface area contributed by atoms with Crippen molar-refractivity contribution in [2.75, 3.05) is 6.61 Å². The Morgan fingerprint density at radius 3 is 2.27 bits per heavy atom. The summed E-state index contributed by atoms with van der Waals surface area (Å²) in [5.74, 6) is -1.06. The highest BCUT2D eigenvalue weighted by atomic mass is 31.2. The van der Waals surface area contributed by atoms with Gasteiger partial charge in [0.05, 0.1) is 12.2 Å². The van der Waals surface area contributed by atoms with Gasteiger partial charge in [-0.2, -0.15) is 0 Å². The topological polar surface area (TPSA) is 124 Å². The monoisotopic (exact) mass is 256 g/mol. The highest BCUT2D eigenvalue weighted by Crippen LogP contribution is 2.55. The first kappa shape index (κ1) is 14.4. The maximum Gasteiger partial charge on any atom is 0.402 e. The molecule has 0 fully saturated rings. The van der Waals surface area contributed by atoms with E-state index < -0.39 is 32.2 Å². The van der Waals surface area contributed by atoms with Gasteiger partial charge in [-0.1, -0.05) is 4.57 Å². The van der Waals surface area contributed by atoms with Crippen LogP contribution in [0.4, 0.5) is 0 Å². The molecule has 15 heavy (non-hydrogen) atoms. The van der Waals surface area contributed by atoms with Gasteiger partial charge in [-0.3, -0.25) is 4.57 Å². The standard InChI is InChI=1S/C6H10O7P2/c1-3-13-5(7)4(2)6(14(8)9)15(10,11)12/h3H2,1-2H3,(H2,10,11,12). The largest absolute Gasteiger partial charge is 0.590 e. The molecular weight excluding hydrogens is 246 g/mol. The van der Waals surface area contributed by atoms with E-state index in [9.17, 15) is 18.8 Å². The van der Waals surface area contributed by atoms with E-state index in [0.29, 0.717) is 0 Å². The summed E-state index contributed by atoms with van der Waals surface area (Å²) in [7, 11) is -8.50. The fourth-order valence-corrected chi connectivity index (χ4v) is 2.54. The average molecular weight is 256 g/mol. The Morgan fingerprint density at radius 2 is 2.00 bits per heavy atom. The fraction of sp³-hybridized carbons (Fsp3) is 0.500. The molecular formula is C6H10O7P2. The second-order valence-corrected chi connectivity index (χ2v) is 5.32. The first-order chi connectivity index (χ1) is 6.71. The zero-order valence-electron chi connectivity index (χ0n) is 8.04. The molecule has 86 valence electrons. The number of carbonyl (C=O) groups excluding carboxylic acids is 1. The number of hydrogen-bond donors (Lipinski definition) is 2. The second kappa shape index (κ2) is 5.49. The molecule has 0 aliphatic rings. The third-order valence-corrected chi connectivity index (χ3v) is 4.21. The minimum absolute atomic E-state index is 0.0136. The van der Waals surface area contributed by atoms with Crippen molar-refractivity contribution < 1.29 is 33.3 Å². The minimum atomic E-state index is -4.98. The molecule has 9 heteroatoms. The maximum atomic E-state index is 11.0. The molecule has 2 N–H and O–H groups in total. The van der Waals surface area contributed by atoms with E-state index in [1.54, 1.807) is 0 Å². The number of rotatable bonds is 4. The lowest BCUT2D eigenvalue weighted by atomic mass is 10.4. The van der Waals surface area contributed by atoms with E-state index in [-0.39, 0.29) is 6.61 Å². The summed E-state index contributed by atoms with van der Waals surface area (Å²) < 4.78 is 25.8. The van der Waals surface area contributed by atoms with Gasteiger partial charge in [0.15, 0.2) is 0 Å². The molecule has 0 aromatic rings. The number of esters is 1. The summed E-state index contributed by atoms with van der Waals surface area (Å²) in [5, 5.41) is -1.20. The Hall–Kier alpha value is -0.580. The van der Waals surface area contributed by atoms with Crippen LogP contribution in [0.15, 0.2) is 10.6 Å². The Balaban J connectivity index is 5.39. The molecule has 0 amide bonds. The lowest BCUT2D eigenvalue weighted by molar-refractivity contribution is -0.162. The van der Waals surface area contributed by atoms with Crippen LogP contribution in [0.3, 0.4) is 0 Å². The van der Waals surface area contributed by atoms with E-state index in [1.807, 2.05) is 0 Å². The van der Waals surface area contributed by atoms with Gasteiger partial charge in [0.25, 0.3) is 5.06 Å². The van der Waals surface area contributed by atoms with Crippen LogP contribution in [-0.4, -0.2) is 22.4 Å². The van der Waals surface area contributed by atoms with Crippen LogP contribution < -0.4 is 4.89 Å². The van der Waals surface area contributed by atoms with Crippen molar-refractivity contribution >= 4 is 21.6 Å². The van der Waals surface area contributed by atoms with Gasteiger partial charge < -0.3 is 19.4 Å². The molecule has 0 bridgehead atoms. The van der Waals surface area contributed by atoms with Gasteiger partial charge in [0.2, 0.25) is 0 Å². The highest BCUT2D eigenvalue weighted by molar-refractivity contribution is 7.71. The van der Waals surface area contributed by atoms with Gasteiger partial charge in [-0.25, -0.2) is 4.79 Å². The zero-order chi connectivity index (χ0) is 12.2. The first-order valence-corrected chi connectivity index (χ1v) is 6.59. The van der Waals surface area contributed by atoms with Crippen LogP contribution in [0.1, 0.15) is 13.8 Å². The summed E-state index contributed by atoms with van der Waals surface area (Å²) in [4.78, 5) is 39.0. The van der Waals surface area contributed by atoms with Crippen LogP contribution in [0, 0.1) is 0 Å². The van der Waals surface area contributed by atoms with Crippen LogP contribution in [0.2, 0.25) is 0 Å². The third-order valence-electron chi connectivity index (χ3n) is 1.37. The lowest BCUT2D eigenvalue weighted by Gasteiger charge is -2.05. The number of ether oxygens (including phenoxy) is 1. The molecule has 0 spiro atoms. The predicted molar refractivity (Wildman–Crippen MR) is 49.0 cm³/mol. The van der Waals surface area contributed by atoms with E-state index in [0.717, 1.165) is 6.92 Å². The fourth-order valence-electron chi connectivity index (χ4n) is 0.792. The van der Waals surface area contributed by atoms with Crippen molar-refractivity contribution in [2.45, 2.75) is 13.8 Å². The molecule has 0 radical (unpaired) electrons. The Kier molecular flexibility index (Phi) is 5.28. The Labute approximate surface area is 86.8 Å². The number of hydrogen-bond acceptors (Lipinski definition) is 5. The Bertz CT molecular complexity index is 352. The van der Waals surface area contributed by atoms with Gasteiger partial charge >= 0.3 is 21.6 Å². The minimum Gasteiger partial charge on any atom is -0.590 e. The van der Waals surface area contributed by atoms with Crippen LogP contribution in [-0.2, 0) is 18.7 Å². The van der Waals surface area contributed by atoms with Crippen molar-refractivity contribution in [3.63, 3.8) is 0 Å². The van der Waals surface area contributed by atoms with Gasteiger partial charge in [0.1, 0.15) is 0 Å². The molecule has 0 aromatic carbocycles. The third kappa shape index (κ3) is 4.20. The molecule has 0 aliphatic heterocycles. The lowest BCUT2D eigenvalue weighted by Crippen LogP contribution is -2.08. The predicted octanol–water partition coefficient (Wildman–Crippen LogP) is 0.0614. The Morgan fingerprint density at radius 1 is 1.53 bits per heavy atom. The molecule has 0 aromatic heterocycles. The van der Waals surface area contributed by atoms with Crippen molar-refractivity contribution in [2.24, 2.45) is 0 Å². The van der Waals surface area contributed by atoms with Crippen molar-refractivity contribution in [1.82, 2.24) is 0 Å². The molecule has 0 rings (SSSR count). The van der Waals surface area contributed by atoms with Crippen molar-refractivity contribution in [1.29, 1.82) is 0 Å². The average Bonchev–Trinajstić information content (AvgIpc) is 2.00. The SMILES string of the molecule is CCOC(=O)C(C)=C([P+](=O)[O-])P(=O)(O)O. The van der Waals surface area contributed by atoms with Gasteiger partial charge in [-0.05, 0) is 13.8 Å². The maximum absolute atomic E-state index is 11.0. The van der Waals surface area contributed by atoms with Crippen LogP contribution >= 0.6 is 15.6 Å². The highest BCUT2D eigenvalue weighted by Gasteiger charge is 2.38. The molecule has 0 aliphatic carbocycles. The zero-order valence-corrected chi connectivity index (χ0v) is 9.83. The smallest absolute Gasteiger partial charge is 0.402 e. The van der Waals surface area contributed by atoms with Crippen LogP contribution in [0.25, 0.3) is 0 Å². The van der Waals surface area contributed by atoms with E-state index in [2.05, 4.69) is 4.74 Å². The van der Waals surface area contributed by atoms with Crippen LogP contribution in [0.5, 0.6) is 0 Å². The van der Waals surface area contributed by atoms with Crippen molar-refractivity contribution in [3.05, 3.63) is 10.6 Å². The van der Waals surface area contributed by atoms with E-state index in [4.69, 9.17) is 9.79 Å². The molecule has 0 heterocycles. The summed E-state index contributed by atoms with van der Waals surface area (Å²) in [5.41, 5.74) is -0.596. The summed E-state index contributed by atoms with van der Waals surface area (Å²) in [6.07, 6.45) is 0. The molecule has 0 saturated heterocycles. The number of carbonyl (C=O) groups is 1. The van der Waals surface area contributed by atoms with E-state index in [1.165, 1.54) is 6.92 Å².